The number of nitrogens with zero attached hydrogens (tertiary/aromatic N) is 5. The van der Waals surface area contributed by atoms with E-state index in [-0.39, 0.29) is 5.91 Å². The number of hydrogen-bond donors (Lipinski definition) is 1. The number of allylic oxidation sites excluding steroid dienone is 1. The second-order valence-corrected chi connectivity index (χ2v) is 7.44. The Balaban J connectivity index is 1.60. The van der Waals surface area contributed by atoms with E-state index in [1.807, 2.05) is 18.2 Å². The van der Waals surface area contributed by atoms with E-state index in [9.17, 15) is 4.79 Å². The molecule has 0 unspecified atom stereocenters. The van der Waals surface area contributed by atoms with Gasteiger partial charge in [0, 0.05) is 33.7 Å². The molecule has 0 aliphatic rings. The van der Waals surface area contributed by atoms with Crippen LogP contribution in [0.3, 0.4) is 0 Å². The number of pyridine rings is 1. The van der Waals surface area contributed by atoms with Crippen molar-refractivity contribution >= 4 is 33.1 Å². The van der Waals surface area contributed by atoms with Crippen molar-refractivity contribution in [1.82, 2.24) is 20.0 Å². The van der Waals surface area contributed by atoms with Gasteiger partial charge in [-0.05, 0) is 64.0 Å². The van der Waals surface area contributed by atoms with Crippen molar-refractivity contribution in [2.75, 3.05) is 5.32 Å². The van der Waals surface area contributed by atoms with Crippen LogP contribution in [-0.2, 0) is 0 Å². The fraction of sp³-hybridized carbons (Fsp3) is 0. The third-order valence-electron chi connectivity index (χ3n) is 4.51. The minimum absolute atomic E-state index is 0.291. The van der Waals surface area contributed by atoms with Gasteiger partial charge in [-0.1, -0.05) is 23.9 Å². The van der Waals surface area contributed by atoms with E-state index in [0.717, 1.165) is 10.0 Å². The smallest absolute Gasteiger partial charge is 0.255 e. The van der Waals surface area contributed by atoms with Crippen LogP contribution in [0.2, 0.25) is 0 Å². The molecule has 0 saturated carbocycles. The quantitative estimate of drug-likeness (QED) is 0.419. The Bertz CT molecular complexity index is 1320. The van der Waals surface area contributed by atoms with E-state index in [4.69, 9.17) is 5.26 Å². The zero-order chi connectivity index (χ0) is 21.8. The molecule has 8 heteroatoms. The van der Waals surface area contributed by atoms with Gasteiger partial charge < -0.3 is 5.32 Å². The maximum Gasteiger partial charge on any atom is 0.255 e. The van der Waals surface area contributed by atoms with Crippen LogP contribution in [0.15, 0.2) is 84.2 Å². The van der Waals surface area contributed by atoms with Crippen molar-refractivity contribution in [3.63, 3.8) is 0 Å². The molecule has 0 fully saturated rings. The summed E-state index contributed by atoms with van der Waals surface area (Å²) in [7, 11) is 0. The first kappa shape index (κ1) is 20.2. The van der Waals surface area contributed by atoms with Crippen molar-refractivity contribution in [3.8, 4) is 23.0 Å². The standard InChI is InChI=1S/C23H15BrN6O/c1-15(12-25)16-4-2-6-19(10-16)27-23(31)17-7-8-20(24)22(11-17)30-14-21(28-29-30)18-5-3-9-26-13-18/h2-11,13-14H,1H2,(H,27,31). The van der Waals surface area contributed by atoms with Gasteiger partial charge in [-0.15, -0.1) is 5.10 Å². The van der Waals surface area contributed by atoms with Crippen LogP contribution in [0.5, 0.6) is 0 Å². The van der Waals surface area contributed by atoms with Crippen molar-refractivity contribution in [2.24, 2.45) is 0 Å². The molecule has 0 atom stereocenters. The van der Waals surface area contributed by atoms with Crippen LogP contribution in [-0.4, -0.2) is 25.9 Å². The van der Waals surface area contributed by atoms with Crippen LogP contribution in [0, 0.1) is 11.3 Å². The van der Waals surface area contributed by atoms with Gasteiger partial charge in [0.15, 0.2) is 0 Å². The number of aromatic nitrogens is 4. The number of carbonyl (C=O) groups is 1. The molecule has 31 heavy (non-hydrogen) atoms. The van der Waals surface area contributed by atoms with Gasteiger partial charge in [-0.25, -0.2) is 4.68 Å². The predicted molar refractivity (Wildman–Crippen MR) is 121 cm³/mol. The molecule has 0 bridgehead atoms. The van der Waals surface area contributed by atoms with E-state index in [2.05, 4.69) is 43.1 Å². The number of halogens is 1. The molecule has 1 N–H and O–H groups in total. The first-order valence-corrected chi connectivity index (χ1v) is 9.98. The Labute approximate surface area is 186 Å². The van der Waals surface area contributed by atoms with Crippen molar-refractivity contribution in [2.45, 2.75) is 0 Å². The number of anilines is 1. The van der Waals surface area contributed by atoms with Gasteiger partial charge in [0.25, 0.3) is 5.91 Å². The number of rotatable bonds is 5. The molecule has 0 aliphatic carbocycles. The second kappa shape index (κ2) is 8.73. The van der Waals surface area contributed by atoms with Crippen LogP contribution < -0.4 is 5.32 Å². The largest absolute Gasteiger partial charge is 0.322 e. The average Bonchev–Trinajstić information content (AvgIpc) is 3.29. The lowest BCUT2D eigenvalue weighted by Gasteiger charge is -2.09. The normalized spacial score (nSPS) is 10.3. The van der Waals surface area contributed by atoms with Crippen LogP contribution >= 0.6 is 15.9 Å². The summed E-state index contributed by atoms with van der Waals surface area (Å²) in [5, 5.41) is 20.3. The van der Waals surface area contributed by atoms with Gasteiger partial charge in [0.1, 0.15) is 5.69 Å². The van der Waals surface area contributed by atoms with Gasteiger partial charge >= 0.3 is 0 Å². The summed E-state index contributed by atoms with van der Waals surface area (Å²) < 4.78 is 2.36. The van der Waals surface area contributed by atoms with Gasteiger partial charge in [-0.3, -0.25) is 9.78 Å². The van der Waals surface area contributed by atoms with Crippen LogP contribution in [0.4, 0.5) is 5.69 Å². The minimum atomic E-state index is -0.291. The monoisotopic (exact) mass is 470 g/mol. The van der Waals surface area contributed by atoms with E-state index in [1.165, 1.54) is 0 Å². The van der Waals surface area contributed by atoms with E-state index in [1.54, 1.807) is 65.7 Å². The number of benzene rings is 2. The molecule has 2 heterocycles. The molecular weight excluding hydrogens is 456 g/mol. The maximum absolute atomic E-state index is 12.8. The first-order chi connectivity index (χ1) is 15.0. The topological polar surface area (TPSA) is 96.5 Å². The highest BCUT2D eigenvalue weighted by atomic mass is 79.9. The van der Waals surface area contributed by atoms with Crippen molar-refractivity contribution in [1.29, 1.82) is 5.26 Å². The summed E-state index contributed by atoms with van der Waals surface area (Å²) in [5.74, 6) is -0.291. The zero-order valence-electron chi connectivity index (χ0n) is 16.2. The summed E-state index contributed by atoms with van der Waals surface area (Å²) in [6.45, 7) is 3.70. The van der Waals surface area contributed by atoms with E-state index in [0.29, 0.717) is 33.8 Å². The van der Waals surface area contributed by atoms with E-state index < -0.39 is 0 Å². The molecule has 7 nitrogen and oxygen atoms in total. The minimum Gasteiger partial charge on any atom is -0.322 e. The highest BCUT2D eigenvalue weighted by Crippen LogP contribution is 2.25. The number of nitriles is 1. The lowest BCUT2D eigenvalue weighted by molar-refractivity contribution is 0.102. The highest BCUT2D eigenvalue weighted by Gasteiger charge is 2.13. The molecule has 1 amide bonds. The Kier molecular flexibility index (Phi) is 5.69. The Morgan fingerprint density at radius 2 is 2.00 bits per heavy atom. The molecule has 2 aromatic carbocycles. The fourth-order valence-corrected chi connectivity index (χ4v) is 3.34. The van der Waals surface area contributed by atoms with Gasteiger partial charge in [-0.2, -0.15) is 5.26 Å². The molecule has 4 rings (SSSR count). The van der Waals surface area contributed by atoms with Crippen LogP contribution in [0.1, 0.15) is 15.9 Å². The molecule has 0 aliphatic heterocycles. The predicted octanol–water partition coefficient (Wildman–Crippen LogP) is 4.88. The first-order valence-electron chi connectivity index (χ1n) is 9.18. The maximum atomic E-state index is 12.8. The fourth-order valence-electron chi connectivity index (χ4n) is 2.91. The summed E-state index contributed by atoms with van der Waals surface area (Å²) >= 11 is 3.51. The average molecular weight is 471 g/mol. The Morgan fingerprint density at radius 1 is 1.13 bits per heavy atom. The highest BCUT2D eigenvalue weighted by molar-refractivity contribution is 9.10. The van der Waals surface area contributed by atoms with Crippen LogP contribution in [0.25, 0.3) is 22.5 Å². The summed E-state index contributed by atoms with van der Waals surface area (Å²) in [6, 6.07) is 17.9. The van der Waals surface area contributed by atoms with E-state index >= 15 is 0 Å². The van der Waals surface area contributed by atoms with Crippen molar-refractivity contribution < 1.29 is 4.79 Å². The molecule has 0 spiro atoms. The third kappa shape index (κ3) is 4.42. The SMILES string of the molecule is C=C(C#N)c1cccc(NC(=O)c2ccc(Br)c(-n3cc(-c4cccnc4)nn3)c2)c1. The Morgan fingerprint density at radius 3 is 2.77 bits per heavy atom. The summed E-state index contributed by atoms with van der Waals surface area (Å²) in [5.41, 5.74) is 4.19. The molecule has 4 aromatic rings. The number of amides is 1. The Hall–Kier alpha value is -4.09. The molecule has 150 valence electrons. The van der Waals surface area contributed by atoms with Gasteiger partial charge in [0.2, 0.25) is 0 Å². The lowest BCUT2D eigenvalue weighted by Crippen LogP contribution is -2.12. The van der Waals surface area contributed by atoms with Crippen molar-refractivity contribution in [3.05, 3.63) is 95.4 Å². The molecule has 0 radical (unpaired) electrons. The third-order valence-corrected chi connectivity index (χ3v) is 5.18. The molecular formula is C23H15BrN6O. The molecule has 0 saturated heterocycles. The second-order valence-electron chi connectivity index (χ2n) is 6.58. The summed E-state index contributed by atoms with van der Waals surface area (Å²) in [4.78, 5) is 16.9. The lowest BCUT2D eigenvalue weighted by atomic mass is 10.1. The summed E-state index contributed by atoms with van der Waals surface area (Å²) in [6.07, 6.45) is 5.18. The van der Waals surface area contributed by atoms with Gasteiger partial charge in [0.05, 0.1) is 23.5 Å². The molecule has 2 aromatic heterocycles. The zero-order valence-corrected chi connectivity index (χ0v) is 17.7. The number of hydrogen-bond acceptors (Lipinski definition) is 5. The number of carbonyl (C=O) groups excluding carboxylic acids is 1. The number of nitrogens with one attached hydrogen (secondary N) is 1.